The number of rotatable bonds is 1. The van der Waals surface area contributed by atoms with Gasteiger partial charge in [-0.15, -0.1) is 0 Å². The van der Waals surface area contributed by atoms with Crippen LogP contribution in [0.5, 0.6) is 0 Å². The first-order chi connectivity index (χ1) is 7.27. The Morgan fingerprint density at radius 2 is 2.13 bits per heavy atom. The van der Waals surface area contributed by atoms with Crippen LogP contribution in [0.25, 0.3) is 0 Å². The predicted molar refractivity (Wildman–Crippen MR) is 61.6 cm³/mol. The van der Waals surface area contributed by atoms with E-state index in [0.717, 1.165) is 12.2 Å². The molecule has 0 spiro atoms. The van der Waals surface area contributed by atoms with Gasteiger partial charge in [-0.1, -0.05) is 13.8 Å². The number of hydrogen-bond donors (Lipinski definition) is 0. The zero-order valence-corrected chi connectivity index (χ0v) is 9.70. The third kappa shape index (κ3) is 2.91. The Bertz CT molecular complexity index is 284. The summed E-state index contributed by atoms with van der Waals surface area (Å²) in [5, 5.41) is 0. The summed E-state index contributed by atoms with van der Waals surface area (Å²) in [6, 6.07) is 3.78. The molecule has 0 bridgehead atoms. The fraction of sp³-hybridized carbons (Fsp3) is 0.583. The van der Waals surface area contributed by atoms with Gasteiger partial charge >= 0.3 is 0 Å². The summed E-state index contributed by atoms with van der Waals surface area (Å²) in [6.07, 6.45) is 4.05. The van der Waals surface area contributed by atoms with Crippen molar-refractivity contribution in [1.29, 1.82) is 0 Å². The van der Waals surface area contributed by atoms with E-state index in [-0.39, 0.29) is 0 Å². The lowest BCUT2D eigenvalue weighted by atomic mass is 10.2. The van der Waals surface area contributed by atoms with Crippen LogP contribution in [0.3, 0.4) is 0 Å². The standard InChI is InChI=1S/C10H13FN2.C2H6/c1-8-3-2-6-13(8)9-4-5-10(11)12-7-9;1-2/h4-5,7-8H,2-3,6H2,1H3;1-2H3/t8-;/m0./s1. The van der Waals surface area contributed by atoms with Gasteiger partial charge in [0, 0.05) is 12.6 Å². The second-order valence-electron chi connectivity index (χ2n) is 3.52. The Balaban J connectivity index is 0.000000531. The van der Waals surface area contributed by atoms with Gasteiger partial charge in [-0.25, -0.2) is 4.98 Å². The largest absolute Gasteiger partial charge is 0.368 e. The van der Waals surface area contributed by atoms with Crippen LogP contribution in [-0.2, 0) is 0 Å². The van der Waals surface area contributed by atoms with E-state index >= 15 is 0 Å². The van der Waals surface area contributed by atoms with Crippen molar-refractivity contribution in [2.75, 3.05) is 11.4 Å². The average Bonchev–Trinajstić information content (AvgIpc) is 2.69. The van der Waals surface area contributed by atoms with Gasteiger partial charge in [0.15, 0.2) is 0 Å². The van der Waals surface area contributed by atoms with E-state index in [2.05, 4.69) is 16.8 Å². The molecule has 0 amide bonds. The summed E-state index contributed by atoms with van der Waals surface area (Å²) in [6.45, 7) is 7.25. The summed E-state index contributed by atoms with van der Waals surface area (Å²) in [5.74, 6) is -0.407. The topological polar surface area (TPSA) is 16.1 Å². The van der Waals surface area contributed by atoms with E-state index in [0.29, 0.717) is 6.04 Å². The van der Waals surface area contributed by atoms with Crippen LogP contribution in [0.2, 0.25) is 0 Å². The van der Waals surface area contributed by atoms with Crippen LogP contribution in [0.4, 0.5) is 10.1 Å². The van der Waals surface area contributed by atoms with Crippen molar-refractivity contribution in [3.8, 4) is 0 Å². The summed E-state index contributed by atoms with van der Waals surface area (Å²) in [7, 11) is 0. The molecule has 0 unspecified atom stereocenters. The highest BCUT2D eigenvalue weighted by molar-refractivity contribution is 5.45. The van der Waals surface area contributed by atoms with Gasteiger partial charge in [0.1, 0.15) is 0 Å². The van der Waals surface area contributed by atoms with Gasteiger partial charge in [0.25, 0.3) is 0 Å². The van der Waals surface area contributed by atoms with Crippen molar-refractivity contribution in [2.45, 2.75) is 39.7 Å². The molecule has 1 aromatic rings. The SMILES string of the molecule is CC.C[C@H]1CCCN1c1ccc(F)nc1. The normalized spacial score (nSPS) is 19.7. The molecule has 1 aliphatic rings. The molecular weight excluding hydrogens is 191 g/mol. The Labute approximate surface area is 91.1 Å². The average molecular weight is 210 g/mol. The number of halogens is 1. The molecule has 1 atom stereocenters. The molecule has 0 radical (unpaired) electrons. The third-order valence-corrected chi connectivity index (χ3v) is 2.60. The van der Waals surface area contributed by atoms with Crippen LogP contribution in [-0.4, -0.2) is 17.6 Å². The highest BCUT2D eigenvalue weighted by atomic mass is 19.1. The second-order valence-corrected chi connectivity index (χ2v) is 3.52. The lowest BCUT2D eigenvalue weighted by Crippen LogP contribution is -2.26. The molecule has 1 aliphatic heterocycles. The molecule has 15 heavy (non-hydrogen) atoms. The summed E-state index contributed by atoms with van der Waals surface area (Å²) >= 11 is 0. The third-order valence-electron chi connectivity index (χ3n) is 2.60. The molecule has 3 heteroatoms. The molecule has 1 aromatic heterocycles. The van der Waals surface area contributed by atoms with Crippen LogP contribution < -0.4 is 4.90 Å². The number of hydrogen-bond acceptors (Lipinski definition) is 2. The van der Waals surface area contributed by atoms with Crippen molar-refractivity contribution in [3.63, 3.8) is 0 Å². The zero-order valence-electron chi connectivity index (χ0n) is 9.70. The van der Waals surface area contributed by atoms with Gasteiger partial charge in [0.2, 0.25) is 5.95 Å². The summed E-state index contributed by atoms with van der Waals surface area (Å²) in [5.41, 5.74) is 1.03. The molecule has 1 saturated heterocycles. The molecular formula is C12H19FN2. The predicted octanol–water partition coefficient (Wildman–Crippen LogP) is 3.24. The molecule has 0 saturated carbocycles. The fourth-order valence-corrected chi connectivity index (χ4v) is 1.85. The van der Waals surface area contributed by atoms with Crippen LogP contribution in [0.1, 0.15) is 33.6 Å². The lowest BCUT2D eigenvalue weighted by molar-refractivity contribution is 0.583. The van der Waals surface area contributed by atoms with E-state index in [1.165, 1.54) is 18.9 Å². The maximum atomic E-state index is 12.5. The van der Waals surface area contributed by atoms with Gasteiger partial charge < -0.3 is 4.90 Å². The Kier molecular flexibility index (Phi) is 4.53. The smallest absolute Gasteiger partial charge is 0.212 e. The molecule has 0 aliphatic carbocycles. The summed E-state index contributed by atoms with van der Waals surface area (Å²) in [4.78, 5) is 5.92. The van der Waals surface area contributed by atoms with Crippen LogP contribution in [0, 0.1) is 5.95 Å². The maximum absolute atomic E-state index is 12.5. The van der Waals surface area contributed by atoms with E-state index in [4.69, 9.17) is 0 Å². The maximum Gasteiger partial charge on any atom is 0.212 e. The Morgan fingerprint density at radius 1 is 1.40 bits per heavy atom. The first-order valence-electron chi connectivity index (χ1n) is 5.65. The van der Waals surface area contributed by atoms with Crippen molar-refractivity contribution in [3.05, 3.63) is 24.3 Å². The summed E-state index contributed by atoms with van der Waals surface area (Å²) < 4.78 is 12.5. The van der Waals surface area contributed by atoms with Crippen molar-refractivity contribution >= 4 is 5.69 Å². The van der Waals surface area contributed by atoms with Crippen LogP contribution in [0.15, 0.2) is 18.3 Å². The first kappa shape index (κ1) is 12.0. The number of nitrogens with zero attached hydrogens (tertiary/aromatic N) is 2. The highest BCUT2D eigenvalue weighted by Gasteiger charge is 2.20. The van der Waals surface area contributed by atoms with E-state index in [1.54, 1.807) is 12.3 Å². The molecule has 0 aromatic carbocycles. The van der Waals surface area contributed by atoms with E-state index < -0.39 is 5.95 Å². The second kappa shape index (κ2) is 5.69. The molecule has 2 heterocycles. The van der Waals surface area contributed by atoms with Gasteiger partial charge in [-0.2, -0.15) is 4.39 Å². The minimum Gasteiger partial charge on any atom is -0.368 e. The molecule has 84 valence electrons. The van der Waals surface area contributed by atoms with E-state index in [9.17, 15) is 4.39 Å². The molecule has 1 fully saturated rings. The van der Waals surface area contributed by atoms with Crippen molar-refractivity contribution in [1.82, 2.24) is 4.98 Å². The van der Waals surface area contributed by atoms with Gasteiger partial charge in [0.05, 0.1) is 11.9 Å². The lowest BCUT2D eigenvalue weighted by Gasteiger charge is -2.22. The Morgan fingerprint density at radius 3 is 2.60 bits per heavy atom. The molecule has 2 nitrogen and oxygen atoms in total. The fourth-order valence-electron chi connectivity index (χ4n) is 1.85. The van der Waals surface area contributed by atoms with Gasteiger partial charge in [-0.3, -0.25) is 0 Å². The minimum atomic E-state index is -0.407. The number of anilines is 1. The minimum absolute atomic E-state index is 0.407. The number of aromatic nitrogens is 1. The van der Waals surface area contributed by atoms with Crippen molar-refractivity contribution in [2.24, 2.45) is 0 Å². The quantitative estimate of drug-likeness (QED) is 0.661. The molecule has 0 N–H and O–H groups in total. The molecule has 2 rings (SSSR count). The highest BCUT2D eigenvalue weighted by Crippen LogP contribution is 2.24. The van der Waals surface area contributed by atoms with E-state index in [1.807, 2.05) is 13.8 Å². The Hall–Kier alpha value is -1.12. The first-order valence-corrected chi connectivity index (χ1v) is 5.65. The number of pyridine rings is 1. The monoisotopic (exact) mass is 210 g/mol. The van der Waals surface area contributed by atoms with Gasteiger partial charge in [-0.05, 0) is 31.9 Å². The van der Waals surface area contributed by atoms with Crippen molar-refractivity contribution < 1.29 is 4.39 Å². The zero-order chi connectivity index (χ0) is 11.3. The van der Waals surface area contributed by atoms with Crippen LogP contribution >= 0.6 is 0 Å².